The van der Waals surface area contributed by atoms with Crippen LogP contribution in [-0.4, -0.2) is 37.6 Å². The summed E-state index contributed by atoms with van der Waals surface area (Å²) in [6.45, 7) is 4.51. The molecule has 96 valence electrons. The minimum Gasteiger partial charge on any atom is -0.336 e. The van der Waals surface area contributed by atoms with Gasteiger partial charge in [-0.1, -0.05) is 0 Å². The second-order valence-electron chi connectivity index (χ2n) is 4.55. The van der Waals surface area contributed by atoms with Crippen molar-refractivity contribution in [3.63, 3.8) is 0 Å². The van der Waals surface area contributed by atoms with Crippen LogP contribution in [-0.2, 0) is 0 Å². The quantitative estimate of drug-likeness (QED) is 0.846. The Morgan fingerprint density at radius 1 is 1.47 bits per heavy atom. The molecule has 0 bridgehead atoms. The second-order valence-corrected chi connectivity index (χ2v) is 5.33. The number of nitrogens with one attached hydrogen (secondary N) is 2. The van der Waals surface area contributed by atoms with Crippen molar-refractivity contribution in [1.29, 1.82) is 0 Å². The van der Waals surface area contributed by atoms with Crippen molar-refractivity contribution in [2.45, 2.75) is 25.9 Å². The smallest absolute Gasteiger partial charge is 0.315 e. The number of nitrogens with zero attached hydrogens (tertiary/aromatic N) is 1. The first kappa shape index (κ1) is 14.0. The molecule has 2 N–H and O–H groups in total. The van der Waals surface area contributed by atoms with Gasteiger partial charge in [0.1, 0.15) is 0 Å². The molecule has 0 saturated heterocycles. The molecule has 17 heavy (non-hydrogen) atoms. The van der Waals surface area contributed by atoms with Gasteiger partial charge in [0.25, 0.3) is 0 Å². The summed E-state index contributed by atoms with van der Waals surface area (Å²) < 4.78 is 0. The van der Waals surface area contributed by atoms with E-state index in [1.165, 1.54) is 5.56 Å². The number of thiophene rings is 1. The van der Waals surface area contributed by atoms with E-state index in [2.05, 4.69) is 32.4 Å². The predicted molar refractivity (Wildman–Crippen MR) is 72.4 cm³/mol. The Balaban J connectivity index is 2.49. The average molecular weight is 255 g/mol. The maximum absolute atomic E-state index is 11.5. The third-order valence-corrected chi connectivity index (χ3v) is 3.13. The molecule has 1 heterocycles. The van der Waals surface area contributed by atoms with Gasteiger partial charge in [0.15, 0.2) is 0 Å². The van der Waals surface area contributed by atoms with E-state index in [-0.39, 0.29) is 18.1 Å². The van der Waals surface area contributed by atoms with Crippen LogP contribution in [0.3, 0.4) is 0 Å². The molecule has 1 aromatic heterocycles. The van der Waals surface area contributed by atoms with Gasteiger partial charge in [-0.25, -0.2) is 4.79 Å². The number of carbonyl (C=O) groups excluding carboxylic acids is 1. The molecular weight excluding hydrogens is 234 g/mol. The van der Waals surface area contributed by atoms with Gasteiger partial charge in [-0.3, -0.25) is 0 Å². The lowest BCUT2D eigenvalue weighted by molar-refractivity contribution is 0.230. The van der Waals surface area contributed by atoms with Crippen molar-refractivity contribution in [3.8, 4) is 0 Å². The van der Waals surface area contributed by atoms with Gasteiger partial charge in [0, 0.05) is 12.6 Å². The molecule has 0 aliphatic carbocycles. The lowest BCUT2D eigenvalue weighted by atomic mass is 10.1. The SMILES string of the molecule is CC(C)NC(=O)NCC(c1ccsc1)N(C)C. The monoisotopic (exact) mass is 255 g/mol. The van der Waals surface area contributed by atoms with E-state index in [0.717, 1.165) is 0 Å². The van der Waals surface area contributed by atoms with E-state index in [9.17, 15) is 4.79 Å². The molecule has 1 aromatic rings. The lowest BCUT2D eigenvalue weighted by Crippen LogP contribution is -2.42. The topological polar surface area (TPSA) is 44.4 Å². The molecule has 0 radical (unpaired) electrons. The van der Waals surface area contributed by atoms with Crippen LogP contribution in [0.1, 0.15) is 25.5 Å². The standard InChI is InChI=1S/C12H21N3OS/c1-9(2)14-12(16)13-7-11(15(3)4)10-5-6-17-8-10/h5-6,8-9,11H,7H2,1-4H3,(H2,13,14,16). The Morgan fingerprint density at radius 3 is 2.65 bits per heavy atom. The molecule has 0 aliphatic rings. The van der Waals surface area contributed by atoms with Crippen LogP contribution < -0.4 is 10.6 Å². The minimum atomic E-state index is -0.109. The van der Waals surface area contributed by atoms with Crippen LogP contribution >= 0.6 is 11.3 Å². The number of hydrogen-bond donors (Lipinski definition) is 2. The molecule has 4 nitrogen and oxygen atoms in total. The van der Waals surface area contributed by atoms with Gasteiger partial charge in [0.05, 0.1) is 6.04 Å². The van der Waals surface area contributed by atoms with Crippen LogP contribution in [0, 0.1) is 0 Å². The molecule has 5 heteroatoms. The molecule has 1 rings (SSSR count). The molecule has 1 unspecified atom stereocenters. The van der Waals surface area contributed by atoms with Crippen LogP contribution in [0.15, 0.2) is 16.8 Å². The van der Waals surface area contributed by atoms with Gasteiger partial charge in [-0.2, -0.15) is 11.3 Å². The number of likely N-dealkylation sites (N-methyl/N-ethyl adjacent to an activating group) is 1. The molecule has 2 amide bonds. The maximum atomic E-state index is 11.5. The Kier molecular flexibility index (Phi) is 5.44. The Labute approximate surface area is 107 Å². The molecule has 0 spiro atoms. The summed E-state index contributed by atoms with van der Waals surface area (Å²) in [7, 11) is 4.04. The predicted octanol–water partition coefficient (Wildman–Crippen LogP) is 2.06. The second kappa shape index (κ2) is 6.61. The first-order valence-electron chi connectivity index (χ1n) is 5.73. The highest BCUT2D eigenvalue weighted by Gasteiger charge is 2.15. The minimum absolute atomic E-state index is 0.109. The third kappa shape index (κ3) is 4.75. The van der Waals surface area contributed by atoms with Crippen molar-refractivity contribution in [3.05, 3.63) is 22.4 Å². The van der Waals surface area contributed by atoms with Crippen molar-refractivity contribution in [2.75, 3.05) is 20.6 Å². The zero-order valence-electron chi connectivity index (χ0n) is 10.9. The summed E-state index contributed by atoms with van der Waals surface area (Å²) >= 11 is 1.68. The van der Waals surface area contributed by atoms with Crippen molar-refractivity contribution >= 4 is 17.4 Å². The van der Waals surface area contributed by atoms with E-state index in [0.29, 0.717) is 6.54 Å². The summed E-state index contributed by atoms with van der Waals surface area (Å²) in [5.74, 6) is 0. The Morgan fingerprint density at radius 2 is 2.18 bits per heavy atom. The van der Waals surface area contributed by atoms with E-state index in [4.69, 9.17) is 0 Å². The molecule has 0 saturated carbocycles. The van der Waals surface area contributed by atoms with Gasteiger partial charge >= 0.3 is 6.03 Å². The average Bonchev–Trinajstić information content (AvgIpc) is 2.69. The third-order valence-electron chi connectivity index (χ3n) is 2.43. The van der Waals surface area contributed by atoms with Crippen molar-refractivity contribution < 1.29 is 4.79 Å². The van der Waals surface area contributed by atoms with E-state index in [1.54, 1.807) is 11.3 Å². The number of hydrogen-bond acceptors (Lipinski definition) is 3. The number of rotatable bonds is 5. The van der Waals surface area contributed by atoms with Gasteiger partial charge in [-0.15, -0.1) is 0 Å². The molecule has 1 atom stereocenters. The summed E-state index contributed by atoms with van der Waals surface area (Å²) in [6, 6.07) is 2.37. The van der Waals surface area contributed by atoms with Gasteiger partial charge < -0.3 is 15.5 Å². The number of urea groups is 1. The maximum Gasteiger partial charge on any atom is 0.315 e. The fraction of sp³-hybridized carbons (Fsp3) is 0.583. The normalized spacial score (nSPS) is 12.8. The zero-order valence-corrected chi connectivity index (χ0v) is 11.7. The van der Waals surface area contributed by atoms with Crippen LogP contribution in [0.4, 0.5) is 4.79 Å². The van der Waals surface area contributed by atoms with Crippen LogP contribution in [0.2, 0.25) is 0 Å². The van der Waals surface area contributed by atoms with Gasteiger partial charge in [-0.05, 0) is 50.3 Å². The summed E-state index contributed by atoms with van der Waals surface area (Å²) in [5, 5.41) is 9.89. The Bertz CT molecular complexity index is 336. The number of carbonyl (C=O) groups is 1. The first-order chi connectivity index (χ1) is 8.00. The molecule has 0 fully saturated rings. The largest absolute Gasteiger partial charge is 0.336 e. The highest BCUT2D eigenvalue weighted by molar-refractivity contribution is 7.07. The zero-order chi connectivity index (χ0) is 12.8. The fourth-order valence-electron chi connectivity index (χ4n) is 1.57. The van der Waals surface area contributed by atoms with Crippen molar-refractivity contribution in [1.82, 2.24) is 15.5 Å². The number of amides is 2. The highest BCUT2D eigenvalue weighted by Crippen LogP contribution is 2.19. The summed E-state index contributed by atoms with van der Waals surface area (Å²) in [6.07, 6.45) is 0. The fourth-order valence-corrected chi connectivity index (χ4v) is 2.27. The van der Waals surface area contributed by atoms with Crippen LogP contribution in [0.5, 0.6) is 0 Å². The van der Waals surface area contributed by atoms with Crippen LogP contribution in [0.25, 0.3) is 0 Å². The summed E-state index contributed by atoms with van der Waals surface area (Å²) in [4.78, 5) is 13.6. The lowest BCUT2D eigenvalue weighted by Gasteiger charge is -2.24. The van der Waals surface area contributed by atoms with E-state index in [1.807, 2.05) is 27.9 Å². The molecule has 0 aliphatic heterocycles. The molecular formula is C12H21N3OS. The highest BCUT2D eigenvalue weighted by atomic mass is 32.1. The Hall–Kier alpha value is -1.07. The van der Waals surface area contributed by atoms with E-state index >= 15 is 0 Å². The first-order valence-corrected chi connectivity index (χ1v) is 6.68. The van der Waals surface area contributed by atoms with Crippen molar-refractivity contribution in [2.24, 2.45) is 0 Å². The summed E-state index contributed by atoms with van der Waals surface area (Å²) in [5.41, 5.74) is 1.24. The van der Waals surface area contributed by atoms with E-state index < -0.39 is 0 Å². The van der Waals surface area contributed by atoms with Gasteiger partial charge in [0.2, 0.25) is 0 Å². The molecule has 0 aromatic carbocycles.